The van der Waals surface area contributed by atoms with Gasteiger partial charge in [0.2, 0.25) is 0 Å². The van der Waals surface area contributed by atoms with Crippen LogP contribution in [0.25, 0.3) is 21.8 Å². The van der Waals surface area contributed by atoms with Crippen molar-refractivity contribution in [2.45, 2.75) is 19.3 Å². The molecule has 0 unspecified atom stereocenters. The van der Waals surface area contributed by atoms with E-state index in [1.54, 1.807) is 12.1 Å². The molecule has 5 heteroatoms. The van der Waals surface area contributed by atoms with Crippen molar-refractivity contribution in [3.05, 3.63) is 56.2 Å². The molecule has 1 heterocycles. The largest absolute Gasteiger partial charge is 0.354 e. The third-order valence-electron chi connectivity index (χ3n) is 3.79. The van der Waals surface area contributed by atoms with Gasteiger partial charge in [-0.25, -0.2) is 0 Å². The van der Waals surface area contributed by atoms with Crippen LogP contribution in [0.1, 0.15) is 18.4 Å². The van der Waals surface area contributed by atoms with Gasteiger partial charge in [0.05, 0.1) is 10.9 Å². The number of pyridine rings is 1. The van der Waals surface area contributed by atoms with Crippen molar-refractivity contribution in [1.82, 2.24) is 4.98 Å². The topological polar surface area (TPSA) is 32.9 Å². The van der Waals surface area contributed by atoms with Gasteiger partial charge in [0.15, 0.2) is 5.43 Å². The number of rotatable bonds is 4. The van der Waals surface area contributed by atoms with Crippen LogP contribution in [0.15, 0.2) is 35.1 Å². The van der Waals surface area contributed by atoms with Gasteiger partial charge in [0.1, 0.15) is 0 Å². The van der Waals surface area contributed by atoms with E-state index < -0.39 is 0 Å². The van der Waals surface area contributed by atoms with Crippen LogP contribution in [0.4, 0.5) is 0 Å². The molecular weight excluding hydrogens is 385 g/mol. The smallest absolute Gasteiger partial charge is 0.197 e. The first-order valence-corrected chi connectivity index (χ1v) is 8.98. The monoisotopic (exact) mass is 397 g/mol. The van der Waals surface area contributed by atoms with Crippen molar-refractivity contribution in [1.29, 1.82) is 0 Å². The maximum atomic E-state index is 12.9. The van der Waals surface area contributed by atoms with Gasteiger partial charge in [-0.1, -0.05) is 39.1 Å². The fourth-order valence-electron chi connectivity index (χ4n) is 2.72. The van der Waals surface area contributed by atoms with Gasteiger partial charge >= 0.3 is 0 Å². The summed E-state index contributed by atoms with van der Waals surface area (Å²) in [4.78, 5) is 16.2. The Bertz CT molecular complexity index is 904. The Balaban J connectivity index is 2.30. The molecular formula is C17H14BrCl2NO. The molecule has 114 valence electrons. The molecule has 0 saturated carbocycles. The molecule has 0 aliphatic carbocycles. The lowest BCUT2D eigenvalue weighted by atomic mass is 10.0. The molecule has 22 heavy (non-hydrogen) atoms. The Hall–Kier alpha value is -1.03. The summed E-state index contributed by atoms with van der Waals surface area (Å²) >= 11 is 15.8. The second-order valence-electron chi connectivity index (χ2n) is 5.24. The first kappa shape index (κ1) is 15.9. The minimum Gasteiger partial charge on any atom is -0.354 e. The number of unbranched alkanes of at least 4 members (excludes halogenated alkanes) is 1. The predicted molar refractivity (Wildman–Crippen MR) is 98.8 cm³/mol. The number of H-pyrrole nitrogens is 1. The Morgan fingerprint density at radius 1 is 1.05 bits per heavy atom. The van der Waals surface area contributed by atoms with Crippen molar-refractivity contribution in [2.24, 2.45) is 0 Å². The number of hydrogen-bond donors (Lipinski definition) is 1. The minimum absolute atomic E-state index is 0.0115. The number of hydrogen-bond acceptors (Lipinski definition) is 1. The zero-order valence-electron chi connectivity index (χ0n) is 11.8. The number of fused-ring (bicyclic) bond motifs is 2. The van der Waals surface area contributed by atoms with E-state index >= 15 is 0 Å². The molecule has 0 fully saturated rings. The van der Waals surface area contributed by atoms with Gasteiger partial charge in [0.25, 0.3) is 0 Å². The van der Waals surface area contributed by atoms with Crippen molar-refractivity contribution in [3.63, 3.8) is 0 Å². The molecule has 3 aromatic rings. The van der Waals surface area contributed by atoms with Crippen molar-refractivity contribution >= 4 is 60.9 Å². The maximum absolute atomic E-state index is 12.9. The summed E-state index contributed by atoms with van der Waals surface area (Å²) in [6.45, 7) is 0. The number of alkyl halides is 1. The van der Waals surface area contributed by atoms with E-state index in [0.717, 1.165) is 41.2 Å². The SMILES string of the molecule is O=c1c2cc(Cl)ccc2[nH]c2ccc(Cl)c(CCCCBr)c12. The first-order chi connectivity index (χ1) is 10.6. The summed E-state index contributed by atoms with van der Waals surface area (Å²) in [6.07, 6.45) is 2.82. The molecule has 0 bridgehead atoms. The van der Waals surface area contributed by atoms with Gasteiger partial charge in [-0.15, -0.1) is 0 Å². The van der Waals surface area contributed by atoms with E-state index in [4.69, 9.17) is 23.2 Å². The fraction of sp³-hybridized carbons (Fsp3) is 0.235. The number of halogens is 3. The average molecular weight is 399 g/mol. The number of aryl methyl sites for hydroxylation is 1. The van der Waals surface area contributed by atoms with Crippen LogP contribution in [0, 0.1) is 0 Å². The van der Waals surface area contributed by atoms with Crippen LogP contribution >= 0.6 is 39.1 Å². The lowest BCUT2D eigenvalue weighted by Crippen LogP contribution is -2.08. The molecule has 0 aliphatic rings. The molecule has 0 atom stereocenters. The van der Waals surface area contributed by atoms with Crippen LogP contribution in [0.3, 0.4) is 0 Å². The van der Waals surface area contributed by atoms with Crippen LogP contribution in [-0.2, 0) is 6.42 Å². The summed E-state index contributed by atoms with van der Waals surface area (Å²) in [5, 5.41) is 3.43. The summed E-state index contributed by atoms with van der Waals surface area (Å²) in [7, 11) is 0. The van der Waals surface area contributed by atoms with E-state index in [9.17, 15) is 4.79 Å². The Morgan fingerprint density at radius 2 is 1.82 bits per heavy atom. The minimum atomic E-state index is -0.0115. The zero-order chi connectivity index (χ0) is 15.7. The Kier molecular flexibility index (Phi) is 4.76. The highest BCUT2D eigenvalue weighted by molar-refractivity contribution is 9.09. The van der Waals surface area contributed by atoms with E-state index in [-0.39, 0.29) is 5.43 Å². The molecule has 0 radical (unpaired) electrons. The third kappa shape index (κ3) is 2.90. The highest BCUT2D eigenvalue weighted by Crippen LogP contribution is 2.27. The molecule has 2 nitrogen and oxygen atoms in total. The van der Waals surface area contributed by atoms with Gasteiger partial charge in [-0.05, 0) is 55.2 Å². The van der Waals surface area contributed by atoms with E-state index in [1.165, 1.54) is 0 Å². The lowest BCUT2D eigenvalue weighted by Gasteiger charge is -2.10. The first-order valence-electron chi connectivity index (χ1n) is 7.10. The fourth-order valence-corrected chi connectivity index (χ4v) is 3.54. The van der Waals surface area contributed by atoms with Gasteiger partial charge < -0.3 is 4.98 Å². The summed E-state index contributed by atoms with van der Waals surface area (Å²) in [5.74, 6) is 0. The molecule has 3 rings (SSSR count). The van der Waals surface area contributed by atoms with Crippen LogP contribution in [0.5, 0.6) is 0 Å². The second-order valence-corrected chi connectivity index (χ2v) is 6.88. The lowest BCUT2D eigenvalue weighted by molar-refractivity contribution is 0.810. The van der Waals surface area contributed by atoms with E-state index in [2.05, 4.69) is 20.9 Å². The van der Waals surface area contributed by atoms with Crippen LogP contribution in [-0.4, -0.2) is 10.3 Å². The molecule has 0 saturated heterocycles. The molecule has 0 spiro atoms. The third-order valence-corrected chi connectivity index (χ3v) is 4.94. The second kappa shape index (κ2) is 6.61. The zero-order valence-corrected chi connectivity index (χ0v) is 14.9. The standard InChI is InChI=1S/C17H14BrCl2NO/c18-8-2-1-3-11-13(20)5-7-15-16(11)17(22)12-9-10(19)4-6-14(12)21-15/h4-7,9H,1-3,8H2,(H,21,22). The molecule has 0 aliphatic heterocycles. The van der Waals surface area contributed by atoms with Crippen molar-refractivity contribution in [3.8, 4) is 0 Å². The van der Waals surface area contributed by atoms with Crippen molar-refractivity contribution in [2.75, 3.05) is 5.33 Å². The predicted octanol–water partition coefficient (Wildman–Crippen LogP) is 5.71. The van der Waals surface area contributed by atoms with Crippen LogP contribution < -0.4 is 5.43 Å². The van der Waals surface area contributed by atoms with Crippen molar-refractivity contribution < 1.29 is 0 Å². The highest BCUT2D eigenvalue weighted by Gasteiger charge is 2.13. The quantitative estimate of drug-likeness (QED) is 0.341. The molecule has 1 N–H and O–H groups in total. The van der Waals surface area contributed by atoms with E-state index in [1.807, 2.05) is 18.2 Å². The average Bonchev–Trinajstić information content (AvgIpc) is 2.51. The normalized spacial score (nSPS) is 11.4. The number of aromatic amines is 1. The van der Waals surface area contributed by atoms with Gasteiger partial charge in [0, 0.05) is 26.3 Å². The molecule has 1 aromatic heterocycles. The summed E-state index contributed by atoms with van der Waals surface area (Å²) < 4.78 is 0. The number of benzene rings is 2. The Morgan fingerprint density at radius 3 is 2.59 bits per heavy atom. The summed E-state index contributed by atoms with van der Waals surface area (Å²) in [5.41, 5.74) is 2.51. The number of aromatic nitrogens is 1. The molecule has 2 aromatic carbocycles. The van der Waals surface area contributed by atoms with Crippen LogP contribution in [0.2, 0.25) is 10.0 Å². The highest BCUT2D eigenvalue weighted by atomic mass is 79.9. The Labute approximate surface area is 146 Å². The number of nitrogens with one attached hydrogen (secondary N) is 1. The van der Waals surface area contributed by atoms with Gasteiger partial charge in [-0.3, -0.25) is 4.79 Å². The van der Waals surface area contributed by atoms with Gasteiger partial charge in [-0.2, -0.15) is 0 Å². The maximum Gasteiger partial charge on any atom is 0.197 e. The summed E-state index contributed by atoms with van der Waals surface area (Å²) in [6, 6.07) is 9.03. The van der Waals surface area contributed by atoms with E-state index in [0.29, 0.717) is 20.8 Å². The molecule has 0 amide bonds.